The van der Waals surface area contributed by atoms with Gasteiger partial charge in [-0.3, -0.25) is 9.48 Å². The first kappa shape index (κ1) is 18.4. The van der Waals surface area contributed by atoms with E-state index in [0.717, 1.165) is 37.9 Å². The summed E-state index contributed by atoms with van der Waals surface area (Å²) in [4.78, 5) is 12.7. The molecular formula is C19H32N4O2. The monoisotopic (exact) mass is 348 g/mol. The maximum Gasteiger partial charge on any atom is 0.224 e. The van der Waals surface area contributed by atoms with E-state index in [1.165, 1.54) is 0 Å². The molecule has 0 saturated heterocycles. The van der Waals surface area contributed by atoms with E-state index in [4.69, 9.17) is 5.11 Å². The number of hydrogen-bond donors (Lipinski definition) is 2. The minimum atomic E-state index is 0.0820. The Labute approximate surface area is 150 Å². The topological polar surface area (TPSA) is 80.0 Å². The Morgan fingerprint density at radius 2 is 2.04 bits per heavy atom. The Morgan fingerprint density at radius 3 is 2.68 bits per heavy atom. The van der Waals surface area contributed by atoms with Crippen molar-refractivity contribution in [1.29, 1.82) is 0 Å². The van der Waals surface area contributed by atoms with Crippen molar-refractivity contribution in [3.63, 3.8) is 0 Å². The van der Waals surface area contributed by atoms with Gasteiger partial charge in [-0.05, 0) is 42.4 Å². The zero-order valence-electron chi connectivity index (χ0n) is 16.0. The zero-order valence-corrected chi connectivity index (χ0v) is 16.0. The van der Waals surface area contributed by atoms with Crippen LogP contribution < -0.4 is 5.32 Å². The van der Waals surface area contributed by atoms with Gasteiger partial charge in [0, 0.05) is 31.3 Å². The second-order valence-corrected chi connectivity index (χ2v) is 8.94. The maximum absolute atomic E-state index is 12.7. The highest BCUT2D eigenvalue weighted by Crippen LogP contribution is 2.68. The van der Waals surface area contributed by atoms with Gasteiger partial charge in [0.15, 0.2) is 0 Å². The van der Waals surface area contributed by atoms with Crippen molar-refractivity contribution in [3.8, 4) is 0 Å². The third-order valence-corrected chi connectivity index (χ3v) is 6.87. The summed E-state index contributed by atoms with van der Waals surface area (Å²) in [6, 6.07) is 0.241. The second kappa shape index (κ2) is 6.71. The van der Waals surface area contributed by atoms with E-state index in [9.17, 15) is 4.79 Å². The molecule has 2 atom stereocenters. The Morgan fingerprint density at radius 1 is 1.32 bits per heavy atom. The van der Waals surface area contributed by atoms with Crippen LogP contribution in [0.25, 0.3) is 0 Å². The molecule has 2 fully saturated rings. The highest BCUT2D eigenvalue weighted by Gasteiger charge is 2.68. The molecule has 0 bridgehead atoms. The summed E-state index contributed by atoms with van der Waals surface area (Å²) in [6.45, 7) is 9.73. The molecule has 0 aromatic carbocycles. The number of amides is 1. The summed E-state index contributed by atoms with van der Waals surface area (Å²) < 4.78 is 1.90. The van der Waals surface area contributed by atoms with Crippen LogP contribution in [0.3, 0.4) is 0 Å². The van der Waals surface area contributed by atoms with E-state index in [-0.39, 0.29) is 35.3 Å². The summed E-state index contributed by atoms with van der Waals surface area (Å²) in [6.07, 6.45) is 6.77. The largest absolute Gasteiger partial charge is 0.396 e. The van der Waals surface area contributed by atoms with Gasteiger partial charge in [0.1, 0.15) is 0 Å². The van der Waals surface area contributed by atoms with E-state index in [1.807, 2.05) is 10.9 Å². The minimum Gasteiger partial charge on any atom is -0.396 e. The number of aromatic nitrogens is 3. The van der Waals surface area contributed by atoms with Gasteiger partial charge in [-0.15, -0.1) is 5.10 Å². The zero-order chi connectivity index (χ0) is 18.2. The lowest BCUT2D eigenvalue weighted by molar-refractivity contribution is -0.124. The molecule has 0 spiro atoms. The van der Waals surface area contributed by atoms with Gasteiger partial charge >= 0.3 is 0 Å². The molecular weight excluding hydrogens is 316 g/mol. The van der Waals surface area contributed by atoms with E-state index in [2.05, 4.69) is 43.3 Å². The second-order valence-electron chi connectivity index (χ2n) is 8.94. The lowest BCUT2D eigenvalue weighted by Gasteiger charge is -2.21. The molecule has 2 N–H and O–H groups in total. The number of rotatable bonds is 7. The molecule has 0 unspecified atom stereocenters. The van der Waals surface area contributed by atoms with Gasteiger partial charge in [0.2, 0.25) is 5.91 Å². The fraction of sp³-hybridized carbons (Fsp3) is 0.842. The van der Waals surface area contributed by atoms with Gasteiger partial charge in [0.25, 0.3) is 0 Å². The summed E-state index contributed by atoms with van der Waals surface area (Å²) >= 11 is 0. The van der Waals surface area contributed by atoms with Crippen molar-refractivity contribution in [2.75, 3.05) is 6.61 Å². The van der Waals surface area contributed by atoms with Gasteiger partial charge in [-0.1, -0.05) is 39.3 Å². The number of nitrogens with one attached hydrogen (secondary N) is 1. The van der Waals surface area contributed by atoms with Crippen LogP contribution in [0, 0.1) is 22.7 Å². The Hall–Kier alpha value is -1.43. The quantitative estimate of drug-likeness (QED) is 0.791. The standard InChI is InChI=1S/C19H32N4O2/c1-18(2)16(19(18,3)4)17(25)20-15-9-5-7-13(15)11-23-12-14(21-22-23)8-6-10-24/h12-13,15-16,24H,5-11H2,1-4H3,(H,20,25)/t13-,15-/m1/s1. The molecule has 3 rings (SSSR count). The van der Waals surface area contributed by atoms with Crippen molar-refractivity contribution in [2.24, 2.45) is 22.7 Å². The number of carbonyl (C=O) groups is 1. The van der Waals surface area contributed by atoms with Crippen LogP contribution in [-0.4, -0.2) is 38.7 Å². The van der Waals surface area contributed by atoms with E-state index >= 15 is 0 Å². The fourth-order valence-corrected chi connectivity index (χ4v) is 4.61. The molecule has 1 aromatic heterocycles. The smallest absolute Gasteiger partial charge is 0.224 e. The molecule has 1 aromatic rings. The first-order chi connectivity index (χ1) is 11.8. The van der Waals surface area contributed by atoms with Crippen molar-refractivity contribution >= 4 is 5.91 Å². The van der Waals surface area contributed by atoms with E-state index in [0.29, 0.717) is 12.3 Å². The molecule has 25 heavy (non-hydrogen) atoms. The first-order valence-electron chi connectivity index (χ1n) is 9.57. The molecule has 1 amide bonds. The van der Waals surface area contributed by atoms with Crippen molar-refractivity contribution in [3.05, 3.63) is 11.9 Å². The molecule has 2 aliphatic rings. The Bertz CT molecular complexity index is 609. The van der Waals surface area contributed by atoms with Crippen molar-refractivity contribution in [2.45, 2.75) is 72.4 Å². The van der Waals surface area contributed by atoms with Crippen molar-refractivity contribution < 1.29 is 9.90 Å². The van der Waals surface area contributed by atoms with Crippen LogP contribution in [0.2, 0.25) is 0 Å². The highest BCUT2D eigenvalue weighted by molar-refractivity contribution is 5.84. The van der Waals surface area contributed by atoms with Gasteiger partial charge in [-0.2, -0.15) is 0 Å². The van der Waals surface area contributed by atoms with Crippen LogP contribution in [0.5, 0.6) is 0 Å². The number of aliphatic hydroxyl groups excluding tert-OH is 1. The minimum absolute atomic E-state index is 0.0820. The predicted octanol–water partition coefficient (Wildman–Crippen LogP) is 2.17. The molecule has 140 valence electrons. The molecule has 2 saturated carbocycles. The van der Waals surface area contributed by atoms with Gasteiger partial charge in [0.05, 0.1) is 5.69 Å². The number of aryl methyl sites for hydroxylation is 1. The average molecular weight is 348 g/mol. The van der Waals surface area contributed by atoms with Crippen LogP contribution in [0.1, 0.15) is 59.1 Å². The summed E-state index contributed by atoms with van der Waals surface area (Å²) in [5.41, 5.74) is 1.09. The summed E-state index contributed by atoms with van der Waals surface area (Å²) in [7, 11) is 0. The molecule has 6 heteroatoms. The van der Waals surface area contributed by atoms with Crippen LogP contribution in [0.4, 0.5) is 0 Å². The molecule has 2 aliphatic carbocycles. The number of aliphatic hydroxyl groups is 1. The Balaban J connectivity index is 1.56. The van der Waals surface area contributed by atoms with E-state index in [1.54, 1.807) is 0 Å². The third kappa shape index (κ3) is 3.46. The average Bonchev–Trinajstić information content (AvgIpc) is 2.98. The number of nitrogens with zero attached hydrogens (tertiary/aromatic N) is 3. The maximum atomic E-state index is 12.7. The summed E-state index contributed by atoms with van der Waals surface area (Å²) in [5.74, 6) is 0.744. The lowest BCUT2D eigenvalue weighted by Crippen LogP contribution is -2.40. The van der Waals surface area contributed by atoms with E-state index < -0.39 is 0 Å². The lowest BCUT2D eigenvalue weighted by atomic mass is 10.0. The van der Waals surface area contributed by atoms with Crippen LogP contribution in [0.15, 0.2) is 6.20 Å². The van der Waals surface area contributed by atoms with Gasteiger partial charge in [-0.25, -0.2) is 0 Å². The fourth-order valence-electron chi connectivity index (χ4n) is 4.61. The van der Waals surface area contributed by atoms with Crippen LogP contribution >= 0.6 is 0 Å². The molecule has 0 radical (unpaired) electrons. The molecule has 6 nitrogen and oxygen atoms in total. The summed E-state index contributed by atoms with van der Waals surface area (Å²) in [5, 5.41) is 20.6. The third-order valence-electron chi connectivity index (χ3n) is 6.87. The highest BCUT2D eigenvalue weighted by atomic mass is 16.2. The van der Waals surface area contributed by atoms with Gasteiger partial charge < -0.3 is 10.4 Å². The first-order valence-corrected chi connectivity index (χ1v) is 9.57. The molecule has 1 heterocycles. The normalized spacial score (nSPS) is 27.4. The number of hydrogen-bond acceptors (Lipinski definition) is 4. The van der Waals surface area contributed by atoms with Crippen molar-refractivity contribution in [1.82, 2.24) is 20.3 Å². The SMILES string of the molecule is CC1(C)C(C(=O)N[C@@H]2CCC[C@@H]2Cn2cc(CCCO)nn2)C1(C)C. The Kier molecular flexibility index (Phi) is 4.93. The van der Waals surface area contributed by atoms with Crippen LogP contribution in [-0.2, 0) is 17.8 Å². The molecule has 0 aliphatic heterocycles. The number of carbonyl (C=O) groups excluding carboxylic acids is 1. The predicted molar refractivity (Wildman–Crippen MR) is 95.8 cm³/mol.